The largest absolute Gasteiger partial charge is 0.545 e. The van der Waals surface area contributed by atoms with E-state index in [2.05, 4.69) is 15.3 Å². The van der Waals surface area contributed by atoms with Crippen molar-refractivity contribution in [2.24, 2.45) is 0 Å². The molecular formula is C13H13N3O3. The average Bonchev–Trinajstić information content (AvgIpc) is 2.79. The monoisotopic (exact) mass is 259 g/mol. The number of carboxylic acid groups (broad SMARTS) is 1. The van der Waals surface area contributed by atoms with Crippen molar-refractivity contribution in [3.05, 3.63) is 42.2 Å². The molecule has 1 heterocycles. The molecule has 0 unspecified atom stereocenters. The Morgan fingerprint density at radius 1 is 1.32 bits per heavy atom. The van der Waals surface area contributed by atoms with Crippen LogP contribution in [0, 0.1) is 0 Å². The Morgan fingerprint density at radius 3 is 2.84 bits per heavy atom. The van der Waals surface area contributed by atoms with Gasteiger partial charge in [0.15, 0.2) is 11.0 Å². The molecule has 0 fully saturated rings. The summed E-state index contributed by atoms with van der Waals surface area (Å²) < 4.78 is 0. The molecule has 0 atom stereocenters. The molecule has 0 bridgehead atoms. The van der Waals surface area contributed by atoms with E-state index in [0.29, 0.717) is 19.0 Å². The quantitative estimate of drug-likeness (QED) is 0.670. The number of aromatic amines is 2. The van der Waals surface area contributed by atoms with Crippen LogP contribution in [0.2, 0.25) is 0 Å². The maximum atomic E-state index is 11.2. The molecule has 0 aliphatic carbocycles. The van der Waals surface area contributed by atoms with Crippen LogP contribution in [0.5, 0.6) is 0 Å². The zero-order chi connectivity index (χ0) is 13.7. The van der Waals surface area contributed by atoms with Gasteiger partial charge < -0.3 is 15.2 Å². The Bertz CT molecular complexity index is 598. The van der Waals surface area contributed by atoms with E-state index in [1.807, 2.05) is 24.3 Å². The van der Waals surface area contributed by atoms with Crippen molar-refractivity contribution < 1.29 is 19.7 Å². The van der Waals surface area contributed by atoms with E-state index in [1.54, 1.807) is 0 Å². The van der Waals surface area contributed by atoms with Gasteiger partial charge >= 0.3 is 0 Å². The van der Waals surface area contributed by atoms with Crippen LogP contribution in [-0.4, -0.2) is 23.4 Å². The third-order valence-electron chi connectivity index (χ3n) is 2.54. The third-order valence-corrected chi connectivity index (χ3v) is 2.54. The highest BCUT2D eigenvalue weighted by molar-refractivity contribution is 5.93. The molecule has 0 saturated carbocycles. The standard InChI is InChI=1S/C13H13N3O3/c17-12(5-6-13(18)19)14-8-7-11-15-9-3-1-2-4-10(9)16-11/h1-6H,7-8H2,(H,14,17)(H,15,16)(H,18,19). The van der Waals surface area contributed by atoms with Crippen LogP contribution in [0.3, 0.4) is 0 Å². The fourth-order valence-corrected chi connectivity index (χ4v) is 1.70. The highest BCUT2D eigenvalue weighted by Gasteiger charge is 2.08. The van der Waals surface area contributed by atoms with Crippen LogP contribution in [-0.2, 0) is 16.0 Å². The molecule has 6 heteroatoms. The molecule has 3 N–H and O–H groups in total. The second-order valence-corrected chi connectivity index (χ2v) is 3.97. The summed E-state index contributed by atoms with van der Waals surface area (Å²) in [6, 6.07) is 7.78. The second kappa shape index (κ2) is 5.81. The second-order valence-electron chi connectivity index (χ2n) is 3.97. The van der Waals surface area contributed by atoms with Crippen LogP contribution in [0.25, 0.3) is 11.0 Å². The van der Waals surface area contributed by atoms with Crippen LogP contribution in [0.4, 0.5) is 0 Å². The van der Waals surface area contributed by atoms with Gasteiger partial charge in [0.05, 0.1) is 12.4 Å². The number of imidazole rings is 1. The number of para-hydroxylation sites is 2. The first-order chi connectivity index (χ1) is 9.15. The highest BCUT2D eigenvalue weighted by Crippen LogP contribution is 2.05. The zero-order valence-corrected chi connectivity index (χ0v) is 10.1. The number of amides is 1. The maximum absolute atomic E-state index is 11.2. The number of nitrogens with one attached hydrogen (secondary N) is 3. The van der Waals surface area contributed by atoms with Crippen LogP contribution < -0.4 is 15.4 Å². The minimum atomic E-state index is -1.39. The van der Waals surface area contributed by atoms with E-state index >= 15 is 0 Å². The van der Waals surface area contributed by atoms with Gasteiger partial charge in [0, 0.05) is 12.6 Å². The van der Waals surface area contributed by atoms with Crippen molar-refractivity contribution >= 4 is 22.9 Å². The Morgan fingerprint density at radius 2 is 2.11 bits per heavy atom. The average molecular weight is 259 g/mol. The number of fused-ring (bicyclic) bond motifs is 1. The number of H-pyrrole nitrogens is 2. The molecule has 0 aliphatic rings. The van der Waals surface area contributed by atoms with Crippen molar-refractivity contribution in [2.75, 3.05) is 6.54 Å². The minimum absolute atomic E-state index is 0.402. The summed E-state index contributed by atoms with van der Waals surface area (Å²) in [6.45, 7) is 0.402. The molecule has 0 aliphatic heterocycles. The number of hydrogen-bond acceptors (Lipinski definition) is 3. The Hall–Kier alpha value is -2.63. The fourth-order valence-electron chi connectivity index (χ4n) is 1.70. The SMILES string of the molecule is O=C([O-])C=CC(=O)NCCc1[nH]c2ccccc2[nH+]1. The summed E-state index contributed by atoms with van der Waals surface area (Å²) in [6.07, 6.45) is 2.23. The molecule has 2 aromatic rings. The summed E-state index contributed by atoms with van der Waals surface area (Å²) in [5.41, 5.74) is 2.00. The van der Waals surface area contributed by atoms with Gasteiger partial charge in [-0.2, -0.15) is 0 Å². The fraction of sp³-hybridized carbons (Fsp3) is 0.154. The van der Waals surface area contributed by atoms with E-state index in [-0.39, 0.29) is 0 Å². The number of benzene rings is 1. The van der Waals surface area contributed by atoms with Crippen molar-refractivity contribution in [2.45, 2.75) is 6.42 Å². The number of rotatable bonds is 5. The van der Waals surface area contributed by atoms with Gasteiger partial charge in [-0.3, -0.25) is 4.79 Å². The van der Waals surface area contributed by atoms with E-state index in [9.17, 15) is 14.7 Å². The molecule has 19 heavy (non-hydrogen) atoms. The highest BCUT2D eigenvalue weighted by atomic mass is 16.4. The number of carboxylic acids is 1. The Labute approximate surface area is 109 Å². The normalized spacial score (nSPS) is 10.9. The van der Waals surface area contributed by atoms with Crippen LogP contribution in [0.1, 0.15) is 5.82 Å². The number of hydrogen-bond donors (Lipinski definition) is 2. The van der Waals surface area contributed by atoms with E-state index in [1.165, 1.54) is 0 Å². The molecule has 2 rings (SSSR count). The summed E-state index contributed by atoms with van der Waals surface area (Å²) in [5, 5.41) is 12.7. The van der Waals surface area contributed by atoms with E-state index in [0.717, 1.165) is 22.9 Å². The molecule has 1 amide bonds. The topological polar surface area (TPSA) is 99.2 Å². The first-order valence-electron chi connectivity index (χ1n) is 5.81. The summed E-state index contributed by atoms with van der Waals surface area (Å²) in [5.74, 6) is -0.954. The lowest BCUT2D eigenvalue weighted by atomic mass is 10.3. The van der Waals surface area contributed by atoms with Gasteiger partial charge in [-0.1, -0.05) is 12.1 Å². The molecule has 6 nitrogen and oxygen atoms in total. The Balaban J connectivity index is 1.85. The third kappa shape index (κ3) is 3.67. The van der Waals surface area contributed by atoms with Crippen molar-refractivity contribution in [3.63, 3.8) is 0 Å². The number of aromatic nitrogens is 2. The van der Waals surface area contributed by atoms with Gasteiger partial charge in [0.25, 0.3) is 5.82 Å². The van der Waals surface area contributed by atoms with Gasteiger partial charge in [-0.25, -0.2) is 9.97 Å². The molecule has 0 spiro atoms. The van der Waals surface area contributed by atoms with Crippen LogP contribution in [0.15, 0.2) is 36.4 Å². The molecule has 1 aromatic heterocycles. The van der Waals surface area contributed by atoms with Crippen molar-refractivity contribution in [1.82, 2.24) is 10.3 Å². The number of carbonyl (C=O) groups excluding carboxylic acids is 2. The predicted octanol–water partition coefficient (Wildman–Crippen LogP) is -1.05. The minimum Gasteiger partial charge on any atom is -0.545 e. The van der Waals surface area contributed by atoms with Crippen molar-refractivity contribution in [3.8, 4) is 0 Å². The molecule has 1 aromatic carbocycles. The molecule has 0 radical (unpaired) electrons. The summed E-state index contributed by atoms with van der Waals surface area (Å²) in [4.78, 5) is 27.7. The first-order valence-corrected chi connectivity index (χ1v) is 5.81. The summed E-state index contributed by atoms with van der Waals surface area (Å²) >= 11 is 0. The van der Waals surface area contributed by atoms with Crippen LogP contribution >= 0.6 is 0 Å². The number of carbonyl (C=O) groups is 2. The van der Waals surface area contributed by atoms with Gasteiger partial charge in [0.1, 0.15) is 0 Å². The summed E-state index contributed by atoms with van der Waals surface area (Å²) in [7, 11) is 0. The lowest BCUT2D eigenvalue weighted by Crippen LogP contribution is -2.26. The lowest BCUT2D eigenvalue weighted by molar-refractivity contribution is -0.357. The molecule has 98 valence electrons. The van der Waals surface area contributed by atoms with Gasteiger partial charge in [-0.05, 0) is 18.2 Å². The van der Waals surface area contributed by atoms with E-state index < -0.39 is 11.9 Å². The molecular weight excluding hydrogens is 246 g/mol. The van der Waals surface area contributed by atoms with Gasteiger partial charge in [-0.15, -0.1) is 0 Å². The first kappa shape index (κ1) is 12.8. The van der Waals surface area contributed by atoms with Crippen molar-refractivity contribution in [1.29, 1.82) is 0 Å². The Kier molecular flexibility index (Phi) is 3.92. The van der Waals surface area contributed by atoms with E-state index in [4.69, 9.17) is 0 Å². The smallest absolute Gasteiger partial charge is 0.254 e. The maximum Gasteiger partial charge on any atom is 0.254 e. The zero-order valence-electron chi connectivity index (χ0n) is 10.1. The lowest BCUT2D eigenvalue weighted by Gasteiger charge is -1.97. The predicted molar refractivity (Wildman–Crippen MR) is 65.7 cm³/mol. The van der Waals surface area contributed by atoms with Gasteiger partial charge in [0.2, 0.25) is 5.91 Å². The number of aliphatic carboxylic acids is 1. The molecule has 0 saturated heterocycles.